The van der Waals surface area contributed by atoms with Crippen LogP contribution >= 0.6 is 0 Å². The van der Waals surface area contributed by atoms with E-state index < -0.39 is 16.0 Å². The SMILES string of the molecule is COC(=O)c1ccccc1S(=O)(=O)N1CCC(CN)CC1. The fourth-order valence-corrected chi connectivity index (χ4v) is 4.14. The molecule has 0 amide bonds. The molecule has 1 aliphatic heterocycles. The van der Waals surface area contributed by atoms with Crippen molar-refractivity contribution in [3.8, 4) is 0 Å². The zero-order valence-electron chi connectivity index (χ0n) is 12.0. The minimum absolute atomic E-state index is 0.00282. The van der Waals surface area contributed by atoms with Crippen molar-refractivity contribution in [2.75, 3.05) is 26.7 Å². The van der Waals surface area contributed by atoms with Crippen LogP contribution in [0.5, 0.6) is 0 Å². The molecule has 1 aromatic carbocycles. The van der Waals surface area contributed by atoms with E-state index in [0.717, 1.165) is 12.8 Å². The van der Waals surface area contributed by atoms with E-state index in [2.05, 4.69) is 4.74 Å². The predicted molar refractivity (Wildman–Crippen MR) is 78.3 cm³/mol. The zero-order valence-corrected chi connectivity index (χ0v) is 12.8. The summed E-state index contributed by atoms with van der Waals surface area (Å²) < 4.78 is 31.5. The number of piperidine rings is 1. The Morgan fingerprint density at radius 2 is 1.95 bits per heavy atom. The van der Waals surface area contributed by atoms with Crippen LogP contribution in [0.2, 0.25) is 0 Å². The fourth-order valence-electron chi connectivity index (χ4n) is 2.49. The summed E-state index contributed by atoms with van der Waals surface area (Å²) in [6, 6.07) is 6.12. The van der Waals surface area contributed by atoms with Crippen molar-refractivity contribution in [2.45, 2.75) is 17.7 Å². The lowest BCUT2D eigenvalue weighted by Gasteiger charge is -2.30. The molecule has 1 aromatic rings. The number of sulfonamides is 1. The van der Waals surface area contributed by atoms with Gasteiger partial charge in [-0.3, -0.25) is 0 Å². The molecule has 1 heterocycles. The summed E-state index contributed by atoms with van der Waals surface area (Å²) in [6.07, 6.45) is 1.49. The second-order valence-corrected chi connectivity index (χ2v) is 6.98. The first kappa shape index (κ1) is 15.9. The van der Waals surface area contributed by atoms with E-state index in [0.29, 0.717) is 25.6 Å². The van der Waals surface area contributed by atoms with Crippen LogP contribution in [0.4, 0.5) is 0 Å². The molecule has 0 aliphatic carbocycles. The second kappa shape index (κ2) is 6.55. The molecule has 0 bridgehead atoms. The summed E-state index contributed by atoms with van der Waals surface area (Å²) in [5.74, 6) is -0.279. The van der Waals surface area contributed by atoms with E-state index in [9.17, 15) is 13.2 Å². The Hall–Kier alpha value is -1.44. The second-order valence-electron chi connectivity index (χ2n) is 5.07. The van der Waals surface area contributed by atoms with Crippen LogP contribution in [0.25, 0.3) is 0 Å². The number of carbonyl (C=O) groups is 1. The summed E-state index contributed by atoms with van der Waals surface area (Å²) in [4.78, 5) is 11.7. The van der Waals surface area contributed by atoms with Crippen LogP contribution in [0, 0.1) is 5.92 Å². The van der Waals surface area contributed by atoms with Crippen LogP contribution in [0.1, 0.15) is 23.2 Å². The Morgan fingerprint density at radius 3 is 2.52 bits per heavy atom. The van der Waals surface area contributed by atoms with Crippen molar-refractivity contribution in [1.29, 1.82) is 0 Å². The van der Waals surface area contributed by atoms with E-state index in [1.54, 1.807) is 12.1 Å². The van der Waals surface area contributed by atoms with Gasteiger partial charge in [0, 0.05) is 13.1 Å². The van der Waals surface area contributed by atoms with Gasteiger partial charge in [0.05, 0.1) is 17.6 Å². The highest BCUT2D eigenvalue weighted by Crippen LogP contribution is 2.25. The first-order chi connectivity index (χ1) is 10.0. The number of carbonyl (C=O) groups excluding carboxylic acids is 1. The normalized spacial score (nSPS) is 17.6. The number of benzene rings is 1. The van der Waals surface area contributed by atoms with E-state index in [1.807, 2.05) is 0 Å². The molecular weight excluding hydrogens is 292 g/mol. The molecule has 7 heteroatoms. The summed E-state index contributed by atoms with van der Waals surface area (Å²) in [5.41, 5.74) is 5.69. The Kier molecular flexibility index (Phi) is 4.97. The smallest absolute Gasteiger partial charge is 0.339 e. The first-order valence-corrected chi connectivity index (χ1v) is 8.32. The molecule has 0 spiro atoms. The molecular formula is C14H20N2O4S. The molecule has 21 heavy (non-hydrogen) atoms. The third-order valence-electron chi connectivity index (χ3n) is 3.82. The molecule has 0 atom stereocenters. The number of methoxy groups -OCH3 is 1. The lowest BCUT2D eigenvalue weighted by atomic mass is 9.99. The monoisotopic (exact) mass is 312 g/mol. The first-order valence-electron chi connectivity index (χ1n) is 6.88. The standard InChI is InChI=1S/C14H20N2O4S/c1-20-14(17)12-4-2-3-5-13(12)21(18,19)16-8-6-11(10-15)7-9-16/h2-5,11H,6-10,15H2,1H3. The highest BCUT2D eigenvalue weighted by Gasteiger charge is 2.31. The van der Waals surface area contributed by atoms with Crippen molar-refractivity contribution in [1.82, 2.24) is 4.31 Å². The summed E-state index contributed by atoms with van der Waals surface area (Å²) in [7, 11) is -2.45. The number of hydrogen-bond acceptors (Lipinski definition) is 5. The molecule has 2 rings (SSSR count). The van der Waals surface area contributed by atoms with Gasteiger partial charge in [-0.15, -0.1) is 0 Å². The van der Waals surface area contributed by atoms with E-state index >= 15 is 0 Å². The Morgan fingerprint density at radius 1 is 1.33 bits per heavy atom. The molecule has 0 unspecified atom stereocenters. The summed E-state index contributed by atoms with van der Waals surface area (Å²) in [6.45, 7) is 1.44. The molecule has 0 radical (unpaired) electrons. The van der Waals surface area contributed by atoms with Gasteiger partial charge in [-0.1, -0.05) is 12.1 Å². The fraction of sp³-hybridized carbons (Fsp3) is 0.500. The van der Waals surface area contributed by atoms with Gasteiger partial charge in [-0.05, 0) is 37.4 Å². The number of esters is 1. The van der Waals surface area contributed by atoms with Gasteiger partial charge < -0.3 is 10.5 Å². The number of ether oxygens (including phenoxy) is 1. The Balaban J connectivity index is 2.31. The quantitative estimate of drug-likeness (QED) is 0.832. The highest BCUT2D eigenvalue weighted by molar-refractivity contribution is 7.89. The minimum Gasteiger partial charge on any atom is -0.465 e. The van der Waals surface area contributed by atoms with Crippen molar-refractivity contribution in [3.63, 3.8) is 0 Å². The maximum atomic E-state index is 12.7. The van der Waals surface area contributed by atoms with Crippen LogP contribution in [0.15, 0.2) is 29.2 Å². The average Bonchev–Trinajstić information content (AvgIpc) is 2.54. The van der Waals surface area contributed by atoms with Gasteiger partial charge >= 0.3 is 5.97 Å². The summed E-state index contributed by atoms with van der Waals surface area (Å²) >= 11 is 0. The molecule has 116 valence electrons. The van der Waals surface area contributed by atoms with E-state index in [-0.39, 0.29) is 10.5 Å². The van der Waals surface area contributed by atoms with Gasteiger partial charge in [0.1, 0.15) is 0 Å². The van der Waals surface area contributed by atoms with E-state index in [1.165, 1.54) is 23.5 Å². The van der Waals surface area contributed by atoms with Crippen LogP contribution in [0.3, 0.4) is 0 Å². The van der Waals surface area contributed by atoms with Gasteiger partial charge in [-0.25, -0.2) is 13.2 Å². The molecule has 2 N–H and O–H groups in total. The maximum Gasteiger partial charge on any atom is 0.339 e. The predicted octanol–water partition coefficient (Wildman–Crippen LogP) is 0.833. The molecule has 1 fully saturated rings. The van der Waals surface area contributed by atoms with Crippen LogP contribution in [-0.2, 0) is 14.8 Å². The lowest BCUT2D eigenvalue weighted by Crippen LogP contribution is -2.40. The van der Waals surface area contributed by atoms with Crippen molar-refractivity contribution >= 4 is 16.0 Å². The van der Waals surface area contributed by atoms with Crippen molar-refractivity contribution < 1.29 is 17.9 Å². The number of rotatable bonds is 4. The van der Waals surface area contributed by atoms with Crippen LogP contribution in [-0.4, -0.2) is 45.4 Å². The largest absolute Gasteiger partial charge is 0.465 e. The zero-order chi connectivity index (χ0) is 15.5. The number of nitrogens with zero attached hydrogens (tertiary/aromatic N) is 1. The lowest BCUT2D eigenvalue weighted by molar-refractivity contribution is 0.0596. The van der Waals surface area contributed by atoms with Gasteiger partial charge in [-0.2, -0.15) is 4.31 Å². The third-order valence-corrected chi connectivity index (χ3v) is 5.77. The minimum atomic E-state index is -3.69. The highest BCUT2D eigenvalue weighted by atomic mass is 32.2. The maximum absolute atomic E-state index is 12.7. The summed E-state index contributed by atoms with van der Waals surface area (Å²) in [5, 5.41) is 0. The van der Waals surface area contributed by atoms with Gasteiger partial charge in [0.2, 0.25) is 10.0 Å². The topological polar surface area (TPSA) is 89.7 Å². The van der Waals surface area contributed by atoms with E-state index in [4.69, 9.17) is 5.73 Å². The van der Waals surface area contributed by atoms with Crippen molar-refractivity contribution in [3.05, 3.63) is 29.8 Å². The van der Waals surface area contributed by atoms with Crippen LogP contribution < -0.4 is 5.73 Å². The molecule has 0 saturated carbocycles. The Labute approximate surface area is 124 Å². The number of hydrogen-bond donors (Lipinski definition) is 1. The van der Waals surface area contributed by atoms with Crippen molar-refractivity contribution in [2.24, 2.45) is 11.7 Å². The van der Waals surface area contributed by atoms with Gasteiger partial charge in [0.15, 0.2) is 0 Å². The number of nitrogens with two attached hydrogens (primary N) is 1. The molecule has 6 nitrogen and oxygen atoms in total. The molecule has 1 saturated heterocycles. The average molecular weight is 312 g/mol. The van der Waals surface area contributed by atoms with Gasteiger partial charge in [0.25, 0.3) is 0 Å². The molecule has 0 aromatic heterocycles. The Bertz CT molecular complexity index is 607. The third kappa shape index (κ3) is 3.25. The molecule has 1 aliphatic rings.